The van der Waals surface area contributed by atoms with Crippen LogP contribution in [0.15, 0.2) is 54.7 Å². The summed E-state index contributed by atoms with van der Waals surface area (Å²) in [6.45, 7) is 3.67. The summed E-state index contributed by atoms with van der Waals surface area (Å²) in [4.78, 5) is 29.5. The number of imide groups is 1. The van der Waals surface area contributed by atoms with E-state index in [4.69, 9.17) is 5.11 Å². The molecule has 8 nitrogen and oxygen atoms in total. The number of rotatable bonds is 6. The minimum absolute atomic E-state index is 0.339. The monoisotopic (exact) mass is 448 g/mol. The number of amides is 2. The SMILES string of the molecule is CN1CCN(c2ccc(N/C=C3\C(=O)NC(=O)c4ccc(/C=C/C(O)CO)cc43)cc2)CC1. The van der Waals surface area contributed by atoms with Gasteiger partial charge in [0.2, 0.25) is 0 Å². The van der Waals surface area contributed by atoms with Crippen LogP contribution < -0.4 is 15.5 Å². The molecule has 33 heavy (non-hydrogen) atoms. The highest BCUT2D eigenvalue weighted by molar-refractivity contribution is 6.31. The standard InChI is InChI=1S/C25H28N4O4/c1-28-10-12-29(13-11-28)19-6-4-18(5-7-19)26-15-23-22-14-17(2-8-20(31)16-30)3-9-21(22)24(32)27-25(23)33/h2-9,14-15,20,26,30-31H,10-13,16H2,1H3,(H,27,32,33)/b8-2+,23-15-. The second-order valence-electron chi connectivity index (χ2n) is 8.24. The number of anilines is 2. The highest BCUT2D eigenvalue weighted by Crippen LogP contribution is 2.27. The van der Waals surface area contributed by atoms with Gasteiger partial charge in [-0.15, -0.1) is 0 Å². The second kappa shape index (κ2) is 9.99. The van der Waals surface area contributed by atoms with E-state index in [1.807, 2.05) is 12.1 Å². The molecule has 0 aromatic heterocycles. The summed E-state index contributed by atoms with van der Waals surface area (Å²) in [7, 11) is 2.13. The summed E-state index contributed by atoms with van der Waals surface area (Å²) < 4.78 is 0. The lowest BCUT2D eigenvalue weighted by Crippen LogP contribution is -2.44. The van der Waals surface area contributed by atoms with Gasteiger partial charge in [0.05, 0.1) is 18.3 Å². The van der Waals surface area contributed by atoms with Crippen LogP contribution >= 0.6 is 0 Å². The third kappa shape index (κ3) is 5.31. The average Bonchev–Trinajstić information content (AvgIpc) is 2.83. The Bertz CT molecular complexity index is 1090. The number of benzene rings is 2. The fourth-order valence-electron chi connectivity index (χ4n) is 3.86. The molecule has 2 aromatic rings. The number of hydrogen-bond donors (Lipinski definition) is 4. The van der Waals surface area contributed by atoms with Crippen molar-refractivity contribution in [2.45, 2.75) is 6.10 Å². The van der Waals surface area contributed by atoms with Crippen molar-refractivity contribution in [3.05, 3.63) is 71.4 Å². The summed E-state index contributed by atoms with van der Waals surface area (Å²) in [6.07, 6.45) is 3.72. The number of aliphatic hydroxyl groups excluding tert-OH is 2. The molecule has 1 saturated heterocycles. The van der Waals surface area contributed by atoms with Crippen molar-refractivity contribution in [2.75, 3.05) is 50.1 Å². The van der Waals surface area contributed by atoms with Crippen LogP contribution in [0.4, 0.5) is 11.4 Å². The molecule has 1 unspecified atom stereocenters. The molecule has 0 bridgehead atoms. The number of piperazine rings is 1. The topological polar surface area (TPSA) is 105 Å². The fourth-order valence-corrected chi connectivity index (χ4v) is 3.86. The summed E-state index contributed by atoms with van der Waals surface area (Å²) in [6, 6.07) is 13.1. The third-order valence-corrected chi connectivity index (χ3v) is 5.87. The maximum Gasteiger partial charge on any atom is 0.260 e. The molecule has 0 spiro atoms. The van der Waals surface area contributed by atoms with E-state index in [0.717, 1.165) is 37.6 Å². The summed E-state index contributed by atoms with van der Waals surface area (Å²) in [5.74, 6) is -0.930. The molecule has 0 radical (unpaired) electrons. The molecule has 8 heteroatoms. The van der Waals surface area contributed by atoms with Crippen LogP contribution in [0, 0.1) is 0 Å². The minimum atomic E-state index is -0.976. The zero-order valence-electron chi connectivity index (χ0n) is 18.5. The van der Waals surface area contributed by atoms with Crippen molar-refractivity contribution in [3.8, 4) is 0 Å². The Morgan fingerprint density at radius 2 is 1.76 bits per heavy atom. The number of carbonyl (C=O) groups is 2. The lowest BCUT2D eigenvalue weighted by molar-refractivity contribution is -0.114. The van der Waals surface area contributed by atoms with Crippen molar-refractivity contribution in [2.24, 2.45) is 0 Å². The molecule has 2 aromatic carbocycles. The van der Waals surface area contributed by atoms with Gasteiger partial charge in [0.1, 0.15) is 0 Å². The largest absolute Gasteiger partial charge is 0.393 e. The van der Waals surface area contributed by atoms with E-state index in [0.29, 0.717) is 22.3 Å². The predicted molar refractivity (Wildman–Crippen MR) is 129 cm³/mol. The van der Waals surface area contributed by atoms with Crippen molar-refractivity contribution in [1.82, 2.24) is 10.2 Å². The van der Waals surface area contributed by atoms with Crippen LogP contribution in [0.1, 0.15) is 21.5 Å². The highest BCUT2D eigenvalue weighted by atomic mass is 16.3. The lowest BCUT2D eigenvalue weighted by atomic mass is 9.93. The van der Waals surface area contributed by atoms with E-state index < -0.39 is 17.9 Å². The van der Waals surface area contributed by atoms with Gasteiger partial charge in [-0.05, 0) is 49.0 Å². The first kappa shape index (κ1) is 22.7. The molecule has 2 aliphatic heterocycles. The van der Waals surface area contributed by atoms with Gasteiger partial charge in [-0.25, -0.2) is 0 Å². The molecule has 1 fully saturated rings. The maximum atomic E-state index is 12.6. The molecule has 1 atom stereocenters. The first-order valence-electron chi connectivity index (χ1n) is 10.9. The molecular formula is C25H28N4O4. The zero-order valence-corrected chi connectivity index (χ0v) is 18.5. The van der Waals surface area contributed by atoms with Crippen LogP contribution in [0.2, 0.25) is 0 Å². The molecule has 172 valence electrons. The normalized spacial score (nSPS) is 19.0. The van der Waals surface area contributed by atoms with E-state index in [1.54, 1.807) is 30.5 Å². The zero-order chi connectivity index (χ0) is 23.4. The van der Waals surface area contributed by atoms with E-state index in [-0.39, 0.29) is 6.61 Å². The van der Waals surface area contributed by atoms with Gasteiger partial charge < -0.3 is 25.3 Å². The van der Waals surface area contributed by atoms with E-state index >= 15 is 0 Å². The molecular weight excluding hydrogens is 420 g/mol. The number of nitrogens with zero attached hydrogens (tertiary/aromatic N) is 2. The quantitative estimate of drug-likeness (QED) is 0.392. The van der Waals surface area contributed by atoms with E-state index in [9.17, 15) is 14.7 Å². The fraction of sp³-hybridized carbons (Fsp3) is 0.280. The lowest BCUT2D eigenvalue weighted by Gasteiger charge is -2.34. The minimum Gasteiger partial charge on any atom is -0.393 e. The Hall–Kier alpha value is -3.46. The Morgan fingerprint density at radius 1 is 1.03 bits per heavy atom. The summed E-state index contributed by atoms with van der Waals surface area (Å²) in [5.41, 5.74) is 3.93. The molecule has 2 heterocycles. The van der Waals surface area contributed by atoms with Gasteiger partial charge in [0, 0.05) is 54.9 Å². The van der Waals surface area contributed by atoms with Crippen LogP contribution in [0.25, 0.3) is 11.6 Å². The molecule has 0 saturated carbocycles. The number of aliphatic hydroxyl groups is 2. The first-order chi connectivity index (χ1) is 15.9. The molecule has 2 aliphatic rings. The molecule has 4 rings (SSSR count). The Balaban J connectivity index is 1.54. The Kier molecular flexibility index (Phi) is 6.88. The van der Waals surface area contributed by atoms with Gasteiger partial charge >= 0.3 is 0 Å². The smallest absolute Gasteiger partial charge is 0.260 e. The Labute approximate surface area is 192 Å². The van der Waals surface area contributed by atoms with E-state index in [2.05, 4.69) is 39.6 Å². The second-order valence-corrected chi connectivity index (χ2v) is 8.24. The van der Waals surface area contributed by atoms with Crippen LogP contribution in [0.5, 0.6) is 0 Å². The first-order valence-corrected chi connectivity index (χ1v) is 10.9. The van der Waals surface area contributed by atoms with Crippen LogP contribution in [-0.2, 0) is 4.79 Å². The Morgan fingerprint density at radius 3 is 2.45 bits per heavy atom. The molecule has 2 amide bonds. The van der Waals surface area contributed by atoms with Gasteiger partial charge in [0.25, 0.3) is 11.8 Å². The van der Waals surface area contributed by atoms with Crippen molar-refractivity contribution in [1.29, 1.82) is 0 Å². The van der Waals surface area contributed by atoms with Gasteiger partial charge in [-0.1, -0.05) is 18.2 Å². The van der Waals surface area contributed by atoms with Crippen molar-refractivity contribution >= 4 is 34.8 Å². The number of nitrogens with one attached hydrogen (secondary N) is 2. The van der Waals surface area contributed by atoms with E-state index in [1.165, 1.54) is 6.08 Å². The van der Waals surface area contributed by atoms with Gasteiger partial charge in [-0.3, -0.25) is 14.9 Å². The number of hydrogen-bond acceptors (Lipinski definition) is 7. The van der Waals surface area contributed by atoms with Crippen LogP contribution in [-0.4, -0.2) is 72.9 Å². The third-order valence-electron chi connectivity index (χ3n) is 5.87. The molecule has 0 aliphatic carbocycles. The number of carbonyl (C=O) groups excluding carboxylic acids is 2. The predicted octanol–water partition coefficient (Wildman–Crippen LogP) is 1.53. The van der Waals surface area contributed by atoms with Gasteiger partial charge in [-0.2, -0.15) is 0 Å². The number of fused-ring (bicyclic) bond motifs is 1. The number of likely N-dealkylation sites (N-methyl/N-ethyl adjacent to an activating group) is 1. The van der Waals surface area contributed by atoms with Crippen molar-refractivity contribution in [3.63, 3.8) is 0 Å². The maximum absolute atomic E-state index is 12.6. The average molecular weight is 449 g/mol. The summed E-state index contributed by atoms with van der Waals surface area (Å²) >= 11 is 0. The van der Waals surface area contributed by atoms with Crippen molar-refractivity contribution < 1.29 is 19.8 Å². The highest BCUT2D eigenvalue weighted by Gasteiger charge is 2.27. The summed E-state index contributed by atoms with van der Waals surface area (Å²) in [5, 5.41) is 24.0. The van der Waals surface area contributed by atoms with Crippen LogP contribution in [0.3, 0.4) is 0 Å². The molecule has 4 N–H and O–H groups in total. The van der Waals surface area contributed by atoms with Gasteiger partial charge in [0.15, 0.2) is 0 Å².